The van der Waals surface area contributed by atoms with Crippen LogP contribution in [0.5, 0.6) is 0 Å². The van der Waals surface area contributed by atoms with Gasteiger partial charge in [-0.2, -0.15) is 0 Å². The smallest absolute Gasteiger partial charge is 0.140 e. The maximum atomic E-state index is 6.21. The molecule has 0 saturated carbocycles. The van der Waals surface area contributed by atoms with Gasteiger partial charge in [0.05, 0.1) is 10.5 Å². The topological polar surface area (TPSA) is 28.7 Å². The molecule has 0 unspecified atom stereocenters. The van der Waals surface area contributed by atoms with Crippen molar-refractivity contribution < 1.29 is 0 Å². The van der Waals surface area contributed by atoms with Gasteiger partial charge in [-0.1, -0.05) is 23.2 Å². The molecule has 0 aliphatic carbocycles. The van der Waals surface area contributed by atoms with Crippen molar-refractivity contribution in [3.63, 3.8) is 0 Å². The Morgan fingerprint density at radius 1 is 1.16 bits per heavy atom. The maximum Gasteiger partial charge on any atom is 0.140 e. The van der Waals surface area contributed by atoms with Crippen molar-refractivity contribution in [3.05, 3.63) is 50.4 Å². The van der Waals surface area contributed by atoms with E-state index in [4.69, 9.17) is 23.2 Å². The molecule has 0 aliphatic heterocycles. The monoisotopic (exact) mass is 354 g/mol. The van der Waals surface area contributed by atoms with Crippen molar-refractivity contribution in [2.24, 2.45) is 0 Å². The molecule has 0 spiro atoms. The fraction of sp³-hybridized carbons (Fsp3) is 0.0714. The molecule has 3 rings (SSSR count). The van der Waals surface area contributed by atoms with Crippen LogP contribution in [0.4, 0.5) is 0 Å². The molecule has 19 heavy (non-hydrogen) atoms. The van der Waals surface area contributed by atoms with Crippen molar-refractivity contribution in [2.75, 3.05) is 0 Å². The largest absolute Gasteiger partial charge is 0.338 e. The first-order valence-electron chi connectivity index (χ1n) is 5.66. The Bertz CT molecular complexity index is 780. The van der Waals surface area contributed by atoms with E-state index in [1.54, 1.807) is 12.1 Å². The molecule has 2 aromatic carbocycles. The van der Waals surface area contributed by atoms with E-state index in [1.807, 2.05) is 19.1 Å². The van der Waals surface area contributed by atoms with Crippen molar-refractivity contribution >= 4 is 50.2 Å². The van der Waals surface area contributed by atoms with Crippen LogP contribution in [0.2, 0.25) is 10.0 Å². The SMILES string of the molecule is Cc1cc(Br)c2nc(-c3ccc(Cl)cc3Cl)[nH]c2c1. The van der Waals surface area contributed by atoms with Crippen LogP contribution < -0.4 is 0 Å². The highest BCUT2D eigenvalue weighted by Crippen LogP contribution is 2.32. The summed E-state index contributed by atoms with van der Waals surface area (Å²) in [6.07, 6.45) is 0. The number of aromatic amines is 1. The Kier molecular flexibility index (Phi) is 3.29. The molecule has 5 heteroatoms. The minimum Gasteiger partial charge on any atom is -0.338 e. The van der Waals surface area contributed by atoms with Crippen molar-refractivity contribution in [1.82, 2.24) is 9.97 Å². The lowest BCUT2D eigenvalue weighted by atomic mass is 10.2. The van der Waals surface area contributed by atoms with Gasteiger partial charge < -0.3 is 4.98 Å². The number of aromatic nitrogens is 2. The number of imidazole rings is 1. The lowest BCUT2D eigenvalue weighted by Crippen LogP contribution is -1.81. The third kappa shape index (κ3) is 2.38. The molecule has 1 N–H and O–H groups in total. The van der Waals surface area contributed by atoms with Crippen molar-refractivity contribution in [1.29, 1.82) is 0 Å². The van der Waals surface area contributed by atoms with Crippen LogP contribution in [-0.4, -0.2) is 9.97 Å². The summed E-state index contributed by atoms with van der Waals surface area (Å²) < 4.78 is 0.968. The number of aryl methyl sites for hydroxylation is 1. The molecule has 0 radical (unpaired) electrons. The molecular formula is C14H9BrCl2N2. The molecule has 3 aromatic rings. The van der Waals surface area contributed by atoms with E-state index in [0.717, 1.165) is 32.5 Å². The quantitative estimate of drug-likeness (QED) is 0.604. The lowest BCUT2D eigenvalue weighted by molar-refractivity contribution is 1.33. The van der Waals surface area contributed by atoms with Crippen LogP contribution in [0.1, 0.15) is 5.56 Å². The van der Waals surface area contributed by atoms with E-state index in [2.05, 4.69) is 32.0 Å². The van der Waals surface area contributed by atoms with Gasteiger partial charge in [-0.25, -0.2) is 4.98 Å². The first kappa shape index (κ1) is 13.0. The summed E-state index contributed by atoms with van der Waals surface area (Å²) in [4.78, 5) is 7.87. The second kappa shape index (κ2) is 4.82. The summed E-state index contributed by atoms with van der Waals surface area (Å²) in [6, 6.07) is 9.47. The minimum atomic E-state index is 0.583. The summed E-state index contributed by atoms with van der Waals surface area (Å²) in [7, 11) is 0. The minimum absolute atomic E-state index is 0.583. The molecule has 1 aromatic heterocycles. The number of halogens is 3. The van der Waals surface area contributed by atoms with Gasteiger partial charge in [0.15, 0.2) is 0 Å². The maximum absolute atomic E-state index is 6.21. The highest BCUT2D eigenvalue weighted by molar-refractivity contribution is 9.10. The van der Waals surface area contributed by atoms with E-state index in [-0.39, 0.29) is 0 Å². The van der Waals surface area contributed by atoms with Gasteiger partial charge in [-0.05, 0) is 58.7 Å². The zero-order valence-electron chi connectivity index (χ0n) is 9.97. The summed E-state index contributed by atoms with van der Waals surface area (Å²) in [5.41, 5.74) is 3.88. The van der Waals surface area contributed by atoms with E-state index in [1.165, 1.54) is 0 Å². The van der Waals surface area contributed by atoms with Crippen LogP contribution in [-0.2, 0) is 0 Å². The molecule has 2 nitrogen and oxygen atoms in total. The summed E-state index contributed by atoms with van der Waals surface area (Å²) in [5, 5.41) is 1.20. The molecule has 0 aliphatic rings. The second-order valence-corrected chi connectivity index (χ2v) is 6.05. The highest BCUT2D eigenvalue weighted by Gasteiger charge is 2.11. The number of H-pyrrole nitrogens is 1. The zero-order chi connectivity index (χ0) is 13.6. The molecule has 0 atom stereocenters. The van der Waals surface area contributed by atoms with Gasteiger partial charge in [0.25, 0.3) is 0 Å². The summed E-state index contributed by atoms with van der Waals surface area (Å²) in [6.45, 7) is 2.04. The Labute approximate surface area is 128 Å². The third-order valence-corrected chi connectivity index (χ3v) is 4.02. The fourth-order valence-electron chi connectivity index (χ4n) is 2.02. The van der Waals surface area contributed by atoms with E-state index >= 15 is 0 Å². The molecule has 0 saturated heterocycles. The summed E-state index contributed by atoms with van der Waals surface area (Å²) >= 11 is 15.6. The molecule has 0 amide bonds. The third-order valence-electron chi connectivity index (χ3n) is 2.87. The molecule has 0 fully saturated rings. The number of hydrogen-bond donors (Lipinski definition) is 1. The molecule has 1 heterocycles. The number of hydrogen-bond acceptors (Lipinski definition) is 1. The van der Waals surface area contributed by atoms with E-state index in [0.29, 0.717) is 10.0 Å². The standard InChI is InChI=1S/C14H9BrCl2N2/c1-7-4-10(15)13-12(5-7)18-14(19-13)9-3-2-8(16)6-11(9)17/h2-6H,1H3,(H,18,19). The number of nitrogens with one attached hydrogen (secondary N) is 1. The van der Waals surface area contributed by atoms with Crippen LogP contribution in [0.15, 0.2) is 34.8 Å². The number of nitrogens with zero attached hydrogens (tertiary/aromatic N) is 1. The highest BCUT2D eigenvalue weighted by atomic mass is 79.9. The lowest BCUT2D eigenvalue weighted by Gasteiger charge is -2.00. The predicted octanol–water partition coefficient (Wildman–Crippen LogP) is 5.61. The van der Waals surface area contributed by atoms with Crippen LogP contribution in [0.3, 0.4) is 0 Å². The fourth-order valence-corrected chi connectivity index (χ4v) is 3.18. The van der Waals surface area contributed by atoms with E-state index in [9.17, 15) is 0 Å². The average Bonchev–Trinajstić information content (AvgIpc) is 2.72. The Hall–Kier alpha value is -1.03. The first-order valence-corrected chi connectivity index (χ1v) is 7.21. The Morgan fingerprint density at radius 2 is 1.95 bits per heavy atom. The first-order chi connectivity index (χ1) is 9.04. The number of rotatable bonds is 1. The van der Waals surface area contributed by atoms with Crippen molar-refractivity contribution in [3.8, 4) is 11.4 Å². The Morgan fingerprint density at radius 3 is 2.68 bits per heavy atom. The second-order valence-electron chi connectivity index (χ2n) is 4.35. The van der Waals surface area contributed by atoms with Crippen LogP contribution in [0, 0.1) is 6.92 Å². The van der Waals surface area contributed by atoms with Crippen LogP contribution in [0.25, 0.3) is 22.4 Å². The van der Waals surface area contributed by atoms with Gasteiger partial charge in [0.1, 0.15) is 11.3 Å². The van der Waals surface area contributed by atoms with Crippen LogP contribution >= 0.6 is 39.1 Å². The molecular weight excluding hydrogens is 347 g/mol. The number of benzene rings is 2. The van der Waals surface area contributed by atoms with Gasteiger partial charge in [-0.3, -0.25) is 0 Å². The summed E-state index contributed by atoms with van der Waals surface area (Å²) in [5.74, 6) is 0.739. The van der Waals surface area contributed by atoms with Gasteiger partial charge in [0, 0.05) is 15.1 Å². The van der Waals surface area contributed by atoms with E-state index < -0.39 is 0 Å². The Balaban J connectivity index is 2.23. The normalized spacial score (nSPS) is 11.2. The predicted molar refractivity (Wildman–Crippen MR) is 84.0 cm³/mol. The molecule has 0 bridgehead atoms. The zero-order valence-corrected chi connectivity index (χ0v) is 13.1. The van der Waals surface area contributed by atoms with Crippen molar-refractivity contribution in [2.45, 2.75) is 6.92 Å². The van der Waals surface area contributed by atoms with Gasteiger partial charge >= 0.3 is 0 Å². The average molecular weight is 356 g/mol. The van der Waals surface area contributed by atoms with Gasteiger partial charge in [-0.15, -0.1) is 0 Å². The number of fused-ring (bicyclic) bond motifs is 1. The molecule has 96 valence electrons. The van der Waals surface area contributed by atoms with Gasteiger partial charge in [0.2, 0.25) is 0 Å².